The number of halogens is 1. The maximum atomic E-state index is 12.9. The highest BCUT2D eigenvalue weighted by Crippen LogP contribution is 2.21. The minimum absolute atomic E-state index is 0.189. The van der Waals surface area contributed by atoms with E-state index in [-0.39, 0.29) is 18.2 Å². The van der Waals surface area contributed by atoms with E-state index in [1.165, 1.54) is 23.5 Å². The molecule has 1 aromatic carbocycles. The molecule has 21 heavy (non-hydrogen) atoms. The van der Waals surface area contributed by atoms with Gasteiger partial charge < -0.3 is 9.64 Å². The fourth-order valence-electron chi connectivity index (χ4n) is 1.84. The van der Waals surface area contributed by atoms with E-state index in [1.807, 2.05) is 17.3 Å². The number of carbonyl (C=O) groups excluding carboxylic acids is 1. The molecule has 0 radical (unpaired) electrons. The molecule has 0 aliphatic carbocycles. The molecule has 0 saturated heterocycles. The Kier molecular flexibility index (Phi) is 5.27. The third-order valence-corrected chi connectivity index (χ3v) is 3.83. The smallest absolute Gasteiger partial charge is 0.311 e. The predicted molar refractivity (Wildman–Crippen MR) is 81.0 cm³/mol. The van der Waals surface area contributed by atoms with Gasteiger partial charge in [0.05, 0.1) is 18.7 Å². The van der Waals surface area contributed by atoms with Gasteiger partial charge in [0.15, 0.2) is 5.13 Å². The van der Waals surface area contributed by atoms with Crippen LogP contribution in [0.2, 0.25) is 0 Å². The number of carbonyl (C=O) groups is 1. The number of aromatic nitrogens is 1. The maximum absolute atomic E-state index is 12.9. The molecule has 6 heteroatoms. The van der Waals surface area contributed by atoms with Crippen LogP contribution in [-0.4, -0.2) is 24.6 Å². The van der Waals surface area contributed by atoms with E-state index in [2.05, 4.69) is 4.98 Å². The summed E-state index contributed by atoms with van der Waals surface area (Å²) in [4.78, 5) is 17.8. The predicted octanol–water partition coefficient (Wildman–Crippen LogP) is 3.02. The third-order valence-electron chi connectivity index (χ3n) is 2.83. The normalized spacial score (nSPS) is 10.4. The fraction of sp³-hybridized carbons (Fsp3) is 0.333. The Labute approximate surface area is 127 Å². The monoisotopic (exact) mass is 308 g/mol. The van der Waals surface area contributed by atoms with Crippen LogP contribution in [0.15, 0.2) is 29.6 Å². The molecule has 2 rings (SSSR count). The Hall–Kier alpha value is -1.95. The van der Waals surface area contributed by atoms with E-state index in [1.54, 1.807) is 19.1 Å². The van der Waals surface area contributed by atoms with Crippen LogP contribution in [0.4, 0.5) is 9.52 Å². The van der Waals surface area contributed by atoms with Crippen molar-refractivity contribution in [3.05, 3.63) is 46.7 Å². The number of esters is 1. The quantitative estimate of drug-likeness (QED) is 0.769. The lowest BCUT2D eigenvalue weighted by Crippen LogP contribution is -2.16. The number of thiazole rings is 1. The van der Waals surface area contributed by atoms with Gasteiger partial charge in [-0.3, -0.25) is 4.79 Å². The van der Waals surface area contributed by atoms with E-state index in [4.69, 9.17) is 4.74 Å². The zero-order valence-electron chi connectivity index (χ0n) is 12.0. The lowest BCUT2D eigenvalue weighted by atomic mass is 10.2. The van der Waals surface area contributed by atoms with E-state index >= 15 is 0 Å². The first-order valence-corrected chi connectivity index (χ1v) is 7.52. The molecule has 0 aliphatic heterocycles. The molecule has 4 nitrogen and oxygen atoms in total. The molecule has 2 aromatic rings. The van der Waals surface area contributed by atoms with Gasteiger partial charge in [-0.25, -0.2) is 9.37 Å². The highest BCUT2D eigenvalue weighted by Gasteiger charge is 2.11. The van der Waals surface area contributed by atoms with Gasteiger partial charge in [0, 0.05) is 19.0 Å². The SMILES string of the molecule is CCOC(=O)Cc1csc(N(C)Cc2ccc(F)cc2)n1. The Bertz CT molecular complexity index is 598. The van der Waals surface area contributed by atoms with Crippen LogP contribution in [0.25, 0.3) is 0 Å². The van der Waals surface area contributed by atoms with Crippen molar-refractivity contribution in [1.29, 1.82) is 0 Å². The standard InChI is InChI=1S/C15H17FN2O2S/c1-3-20-14(19)8-13-10-21-15(17-13)18(2)9-11-4-6-12(16)7-5-11/h4-7,10H,3,8-9H2,1-2H3. The second-order valence-corrected chi connectivity index (χ2v) is 5.42. The van der Waals surface area contributed by atoms with Crippen molar-refractivity contribution in [3.63, 3.8) is 0 Å². The Morgan fingerprint density at radius 2 is 2.10 bits per heavy atom. The molecule has 0 aliphatic rings. The van der Waals surface area contributed by atoms with Gasteiger partial charge in [-0.2, -0.15) is 0 Å². The summed E-state index contributed by atoms with van der Waals surface area (Å²) in [6.07, 6.45) is 0.189. The van der Waals surface area contributed by atoms with Crippen LogP contribution in [0, 0.1) is 5.82 Å². The van der Waals surface area contributed by atoms with Crippen molar-refractivity contribution in [2.75, 3.05) is 18.6 Å². The average Bonchev–Trinajstić information content (AvgIpc) is 2.90. The highest BCUT2D eigenvalue weighted by molar-refractivity contribution is 7.13. The number of nitrogens with zero attached hydrogens (tertiary/aromatic N) is 2. The summed E-state index contributed by atoms with van der Waals surface area (Å²) in [5, 5.41) is 2.67. The molecular weight excluding hydrogens is 291 g/mol. The van der Waals surface area contributed by atoms with Crippen LogP contribution in [-0.2, 0) is 22.5 Å². The maximum Gasteiger partial charge on any atom is 0.311 e. The van der Waals surface area contributed by atoms with Crippen molar-refractivity contribution in [1.82, 2.24) is 4.98 Å². The lowest BCUT2D eigenvalue weighted by molar-refractivity contribution is -0.142. The number of anilines is 1. The van der Waals surface area contributed by atoms with Gasteiger partial charge >= 0.3 is 5.97 Å². The third kappa shape index (κ3) is 4.53. The molecule has 0 bridgehead atoms. The van der Waals surface area contributed by atoms with Crippen molar-refractivity contribution in [2.45, 2.75) is 19.9 Å². The van der Waals surface area contributed by atoms with Crippen LogP contribution >= 0.6 is 11.3 Å². The summed E-state index contributed by atoms with van der Waals surface area (Å²) in [6.45, 7) is 2.79. The molecule has 0 atom stereocenters. The van der Waals surface area contributed by atoms with Crippen LogP contribution < -0.4 is 4.90 Å². The topological polar surface area (TPSA) is 42.4 Å². The second kappa shape index (κ2) is 7.17. The molecule has 0 amide bonds. The molecule has 112 valence electrons. The minimum atomic E-state index is -0.268. The zero-order valence-corrected chi connectivity index (χ0v) is 12.8. The molecular formula is C15H17FN2O2S. The van der Waals surface area contributed by atoms with Gasteiger partial charge in [-0.15, -0.1) is 11.3 Å². The first-order valence-electron chi connectivity index (χ1n) is 6.64. The summed E-state index contributed by atoms with van der Waals surface area (Å²) < 4.78 is 17.8. The zero-order chi connectivity index (χ0) is 15.2. The minimum Gasteiger partial charge on any atom is -0.466 e. The van der Waals surface area contributed by atoms with Gasteiger partial charge in [0.1, 0.15) is 5.82 Å². The molecule has 1 aromatic heterocycles. The number of ether oxygens (including phenoxy) is 1. The Morgan fingerprint density at radius 1 is 1.38 bits per heavy atom. The summed E-state index contributed by atoms with van der Waals surface area (Å²) >= 11 is 1.47. The largest absolute Gasteiger partial charge is 0.466 e. The molecule has 1 heterocycles. The molecule has 0 unspecified atom stereocenters. The summed E-state index contributed by atoms with van der Waals surface area (Å²) in [5.74, 6) is -0.511. The van der Waals surface area contributed by atoms with E-state index in [0.717, 1.165) is 10.7 Å². The summed E-state index contributed by atoms with van der Waals surface area (Å²) in [5.41, 5.74) is 1.71. The van der Waals surface area contributed by atoms with Gasteiger partial charge in [0.25, 0.3) is 0 Å². The van der Waals surface area contributed by atoms with Crippen LogP contribution in [0.1, 0.15) is 18.2 Å². The number of hydrogen-bond donors (Lipinski definition) is 0. The number of hydrogen-bond acceptors (Lipinski definition) is 5. The molecule has 0 spiro atoms. The Morgan fingerprint density at radius 3 is 2.76 bits per heavy atom. The van der Waals surface area contributed by atoms with Crippen LogP contribution in [0.3, 0.4) is 0 Å². The van der Waals surface area contributed by atoms with Crippen molar-refractivity contribution in [2.24, 2.45) is 0 Å². The summed E-state index contributed by atoms with van der Waals surface area (Å²) in [7, 11) is 1.91. The molecule has 0 N–H and O–H groups in total. The van der Waals surface area contributed by atoms with Gasteiger partial charge in [0.2, 0.25) is 0 Å². The van der Waals surface area contributed by atoms with E-state index < -0.39 is 0 Å². The Balaban J connectivity index is 1.96. The van der Waals surface area contributed by atoms with Crippen molar-refractivity contribution < 1.29 is 13.9 Å². The number of benzene rings is 1. The lowest BCUT2D eigenvalue weighted by Gasteiger charge is -2.15. The van der Waals surface area contributed by atoms with Crippen molar-refractivity contribution in [3.8, 4) is 0 Å². The molecule has 0 fully saturated rings. The van der Waals surface area contributed by atoms with Gasteiger partial charge in [-0.1, -0.05) is 12.1 Å². The molecule has 0 saturated carbocycles. The fourth-order valence-corrected chi connectivity index (χ4v) is 2.64. The first kappa shape index (κ1) is 15.4. The number of rotatable bonds is 6. The highest BCUT2D eigenvalue weighted by atomic mass is 32.1. The second-order valence-electron chi connectivity index (χ2n) is 4.59. The summed E-state index contributed by atoms with van der Waals surface area (Å²) in [6, 6.07) is 6.38. The van der Waals surface area contributed by atoms with Crippen molar-refractivity contribution >= 4 is 22.4 Å². The van der Waals surface area contributed by atoms with E-state index in [0.29, 0.717) is 18.8 Å². The van der Waals surface area contributed by atoms with Crippen LogP contribution in [0.5, 0.6) is 0 Å². The average molecular weight is 308 g/mol. The van der Waals surface area contributed by atoms with Gasteiger partial charge in [-0.05, 0) is 24.6 Å². The first-order chi connectivity index (χ1) is 10.1. The van der Waals surface area contributed by atoms with E-state index in [9.17, 15) is 9.18 Å².